The van der Waals surface area contributed by atoms with Crippen molar-refractivity contribution < 1.29 is 4.79 Å². The zero-order valence-corrected chi connectivity index (χ0v) is 16.8. The Bertz CT molecular complexity index is 1080. The zero-order chi connectivity index (χ0) is 20.1. The summed E-state index contributed by atoms with van der Waals surface area (Å²) in [6.07, 6.45) is 7.57. The Balaban J connectivity index is 1.49. The zero-order valence-electron chi connectivity index (χ0n) is 16.1. The second-order valence-electron chi connectivity index (χ2n) is 7.71. The van der Waals surface area contributed by atoms with Gasteiger partial charge in [-0.2, -0.15) is 0 Å². The van der Waals surface area contributed by atoms with Gasteiger partial charge in [-0.15, -0.1) is 0 Å². The molecule has 9 heteroatoms. The van der Waals surface area contributed by atoms with Crippen molar-refractivity contribution in [1.82, 2.24) is 24.3 Å². The van der Waals surface area contributed by atoms with E-state index >= 15 is 0 Å². The number of rotatable bonds is 4. The summed E-state index contributed by atoms with van der Waals surface area (Å²) in [5.41, 5.74) is 7.31. The fourth-order valence-corrected chi connectivity index (χ4v) is 4.47. The number of anilines is 1. The van der Waals surface area contributed by atoms with E-state index in [-0.39, 0.29) is 18.0 Å². The smallest absolute Gasteiger partial charge is 0.236 e. The van der Waals surface area contributed by atoms with Crippen LogP contribution in [0.5, 0.6) is 0 Å². The maximum atomic E-state index is 12.2. The molecule has 1 aliphatic carbocycles. The molecule has 0 aromatic carbocycles. The van der Waals surface area contributed by atoms with E-state index in [9.17, 15) is 4.79 Å². The van der Waals surface area contributed by atoms with Gasteiger partial charge in [0, 0.05) is 31.5 Å². The fraction of sp³-hybridized carbons (Fsp3) is 0.400. The fourth-order valence-electron chi connectivity index (χ4n) is 4.31. The number of nitrogens with zero attached hydrogens (tertiary/aromatic N) is 6. The molecule has 1 saturated heterocycles. The molecule has 2 atom stereocenters. The number of carbonyl (C=O) groups is 1. The van der Waals surface area contributed by atoms with Crippen molar-refractivity contribution >= 4 is 29.0 Å². The van der Waals surface area contributed by atoms with Crippen LogP contribution in [0.3, 0.4) is 0 Å². The van der Waals surface area contributed by atoms with E-state index in [1.165, 1.54) is 0 Å². The van der Waals surface area contributed by atoms with E-state index in [1.54, 1.807) is 24.7 Å². The molecule has 2 aliphatic rings. The number of primary amides is 1. The Hall–Kier alpha value is -2.71. The third-order valence-corrected chi connectivity index (χ3v) is 6.07. The van der Waals surface area contributed by atoms with Gasteiger partial charge in [-0.25, -0.2) is 15.0 Å². The number of amides is 1. The maximum Gasteiger partial charge on any atom is 0.236 e. The average Bonchev–Trinajstić information content (AvgIpc) is 3.47. The predicted octanol–water partition coefficient (Wildman–Crippen LogP) is 1.97. The van der Waals surface area contributed by atoms with E-state index in [1.807, 2.05) is 23.5 Å². The van der Waals surface area contributed by atoms with Gasteiger partial charge in [0.2, 0.25) is 5.91 Å². The van der Waals surface area contributed by atoms with E-state index in [4.69, 9.17) is 22.3 Å². The number of fused-ring (bicyclic) bond motifs is 1. The lowest BCUT2D eigenvalue weighted by atomic mass is 10.0. The second-order valence-corrected chi connectivity index (χ2v) is 8.14. The number of nitrogens with two attached hydrogens (primary N) is 1. The molecule has 2 N–H and O–H groups in total. The summed E-state index contributed by atoms with van der Waals surface area (Å²) in [5.74, 6) is 1.06. The van der Waals surface area contributed by atoms with Crippen molar-refractivity contribution in [3.05, 3.63) is 41.8 Å². The number of aromatic nitrogens is 4. The van der Waals surface area contributed by atoms with Crippen molar-refractivity contribution in [2.45, 2.75) is 37.9 Å². The van der Waals surface area contributed by atoms with Crippen molar-refractivity contribution in [3.8, 4) is 11.5 Å². The number of hydrogen-bond acceptors (Lipinski definition) is 6. The summed E-state index contributed by atoms with van der Waals surface area (Å²) in [5, 5.41) is 0.613. The van der Waals surface area contributed by atoms with Crippen LogP contribution in [-0.2, 0) is 4.79 Å². The Morgan fingerprint density at radius 2 is 2.03 bits per heavy atom. The standard InChI is InChI=1S/C20H22ClN7O/c1-12-18(19(22)29)27(14-3-4-14)9-8-26(12)17-6-7-23-20(25-17)15-10-24-16-5-2-13(21)11-28(15)16/h2,5-7,10-12,14,18H,3-4,8-9H2,1H3,(H2,22,29)/t12-,18-/m1/s1. The number of halogens is 1. The molecule has 3 aromatic rings. The van der Waals surface area contributed by atoms with E-state index in [2.05, 4.69) is 19.8 Å². The molecule has 0 bridgehead atoms. The third kappa shape index (κ3) is 3.22. The van der Waals surface area contributed by atoms with Gasteiger partial charge in [-0.3, -0.25) is 14.1 Å². The summed E-state index contributed by atoms with van der Waals surface area (Å²) >= 11 is 6.15. The predicted molar refractivity (Wildman–Crippen MR) is 111 cm³/mol. The summed E-state index contributed by atoms with van der Waals surface area (Å²) in [4.78, 5) is 30.3. The summed E-state index contributed by atoms with van der Waals surface area (Å²) in [6.45, 7) is 3.63. The minimum Gasteiger partial charge on any atom is -0.368 e. The summed E-state index contributed by atoms with van der Waals surface area (Å²) < 4.78 is 1.88. The van der Waals surface area contributed by atoms with Crippen LogP contribution < -0.4 is 10.6 Å². The Morgan fingerprint density at radius 3 is 2.79 bits per heavy atom. The van der Waals surface area contributed by atoms with Crippen LogP contribution in [0.2, 0.25) is 5.02 Å². The third-order valence-electron chi connectivity index (χ3n) is 5.85. The molecule has 1 aliphatic heterocycles. The van der Waals surface area contributed by atoms with E-state index in [0.29, 0.717) is 16.9 Å². The molecule has 8 nitrogen and oxygen atoms in total. The summed E-state index contributed by atoms with van der Waals surface area (Å²) in [7, 11) is 0. The highest BCUT2D eigenvalue weighted by atomic mass is 35.5. The Labute approximate surface area is 173 Å². The molecule has 1 amide bonds. The molecule has 3 aromatic heterocycles. The lowest BCUT2D eigenvalue weighted by Gasteiger charge is -2.45. The first-order valence-corrected chi connectivity index (χ1v) is 10.2. The topological polar surface area (TPSA) is 92.7 Å². The van der Waals surface area contributed by atoms with Crippen molar-refractivity contribution in [2.24, 2.45) is 5.73 Å². The highest BCUT2D eigenvalue weighted by Gasteiger charge is 2.44. The van der Waals surface area contributed by atoms with E-state index < -0.39 is 0 Å². The minimum absolute atomic E-state index is 0.0683. The lowest BCUT2D eigenvalue weighted by Crippen LogP contribution is -2.63. The molecular formula is C20H22ClN7O. The molecular weight excluding hydrogens is 390 g/mol. The first kappa shape index (κ1) is 18.3. The van der Waals surface area contributed by atoms with Crippen molar-refractivity contribution in [2.75, 3.05) is 18.0 Å². The van der Waals surface area contributed by atoms with E-state index in [0.717, 1.165) is 43.1 Å². The van der Waals surface area contributed by atoms with Gasteiger partial charge in [0.15, 0.2) is 5.82 Å². The van der Waals surface area contributed by atoms with Gasteiger partial charge in [-0.1, -0.05) is 11.6 Å². The van der Waals surface area contributed by atoms with Gasteiger partial charge in [0.25, 0.3) is 0 Å². The molecule has 29 heavy (non-hydrogen) atoms. The molecule has 1 saturated carbocycles. The molecule has 5 rings (SSSR count). The normalized spacial score (nSPS) is 22.9. The Kier molecular flexibility index (Phi) is 4.40. The molecule has 0 unspecified atom stereocenters. The number of carbonyl (C=O) groups excluding carboxylic acids is 1. The van der Waals surface area contributed by atoms with Crippen LogP contribution in [0.1, 0.15) is 19.8 Å². The molecule has 150 valence electrons. The van der Waals surface area contributed by atoms with Crippen LogP contribution in [0.15, 0.2) is 36.8 Å². The Morgan fingerprint density at radius 1 is 1.21 bits per heavy atom. The maximum absolute atomic E-state index is 12.2. The molecule has 0 radical (unpaired) electrons. The van der Waals surface area contributed by atoms with Gasteiger partial charge >= 0.3 is 0 Å². The van der Waals surface area contributed by atoms with Crippen LogP contribution in [-0.4, -0.2) is 61.4 Å². The largest absolute Gasteiger partial charge is 0.368 e. The molecule has 2 fully saturated rings. The quantitative estimate of drug-likeness (QED) is 0.705. The van der Waals surface area contributed by atoms with Crippen LogP contribution >= 0.6 is 11.6 Å². The van der Waals surface area contributed by atoms with Crippen LogP contribution in [0.25, 0.3) is 17.2 Å². The summed E-state index contributed by atoms with van der Waals surface area (Å²) in [6, 6.07) is 5.63. The van der Waals surface area contributed by atoms with Crippen molar-refractivity contribution in [3.63, 3.8) is 0 Å². The highest BCUT2D eigenvalue weighted by Crippen LogP contribution is 2.33. The SMILES string of the molecule is C[C@@H]1[C@H](C(N)=O)N(C2CC2)CCN1c1ccnc(-c2cnc3ccc(Cl)cn23)n1. The lowest BCUT2D eigenvalue weighted by molar-refractivity contribution is -0.124. The minimum atomic E-state index is -0.315. The average molecular weight is 412 g/mol. The monoisotopic (exact) mass is 411 g/mol. The first-order valence-electron chi connectivity index (χ1n) is 9.80. The van der Waals surface area contributed by atoms with Gasteiger partial charge in [0.1, 0.15) is 23.2 Å². The van der Waals surface area contributed by atoms with Crippen LogP contribution in [0.4, 0.5) is 5.82 Å². The van der Waals surface area contributed by atoms with Crippen LogP contribution in [0, 0.1) is 0 Å². The molecule has 4 heterocycles. The highest BCUT2D eigenvalue weighted by molar-refractivity contribution is 6.30. The number of imidazole rings is 1. The first-order chi connectivity index (χ1) is 14.0. The number of piperazine rings is 1. The van der Waals surface area contributed by atoms with Gasteiger partial charge < -0.3 is 10.6 Å². The second kappa shape index (κ2) is 6.96. The molecule has 0 spiro atoms. The van der Waals surface area contributed by atoms with Gasteiger partial charge in [0.05, 0.1) is 17.3 Å². The number of pyridine rings is 1. The van der Waals surface area contributed by atoms with Gasteiger partial charge in [-0.05, 0) is 38.0 Å². The van der Waals surface area contributed by atoms with Crippen molar-refractivity contribution in [1.29, 1.82) is 0 Å². The number of hydrogen-bond donors (Lipinski definition) is 1.